The van der Waals surface area contributed by atoms with Crippen LogP contribution in [0.15, 0.2) is 24.5 Å². The maximum absolute atomic E-state index is 12.6. The molecule has 1 aromatic heterocycles. The second kappa shape index (κ2) is 9.94. The summed E-state index contributed by atoms with van der Waals surface area (Å²) in [6, 6.07) is 3.34. The van der Waals surface area contributed by atoms with Crippen LogP contribution in [-0.4, -0.2) is 54.7 Å². The summed E-state index contributed by atoms with van der Waals surface area (Å²) in [6.07, 6.45) is 4.03. The van der Waals surface area contributed by atoms with E-state index in [4.69, 9.17) is 9.47 Å². The van der Waals surface area contributed by atoms with E-state index in [0.29, 0.717) is 31.7 Å². The Kier molecular flexibility index (Phi) is 8.26. The summed E-state index contributed by atoms with van der Waals surface area (Å²) in [6.45, 7) is 7.11. The summed E-state index contributed by atoms with van der Waals surface area (Å²) in [4.78, 5) is 29.8. The van der Waals surface area contributed by atoms with Gasteiger partial charge in [-0.1, -0.05) is 6.92 Å². The lowest BCUT2D eigenvalue weighted by atomic mass is 10.1. The zero-order valence-corrected chi connectivity index (χ0v) is 14.3. The van der Waals surface area contributed by atoms with E-state index >= 15 is 0 Å². The lowest BCUT2D eigenvalue weighted by Crippen LogP contribution is -2.38. The Labute approximate surface area is 137 Å². The predicted molar refractivity (Wildman–Crippen MR) is 87.0 cm³/mol. The summed E-state index contributed by atoms with van der Waals surface area (Å²) < 4.78 is 10.3. The second-order valence-corrected chi connectivity index (χ2v) is 5.68. The Morgan fingerprint density at radius 1 is 1.22 bits per heavy atom. The molecule has 1 rings (SSSR count). The first kappa shape index (κ1) is 19.1. The first-order valence-corrected chi connectivity index (χ1v) is 7.84. The third-order valence-corrected chi connectivity index (χ3v) is 3.34. The molecule has 1 aromatic rings. The van der Waals surface area contributed by atoms with E-state index in [9.17, 15) is 9.59 Å². The van der Waals surface area contributed by atoms with Crippen LogP contribution in [-0.2, 0) is 14.3 Å². The maximum Gasteiger partial charge on any atom is 0.310 e. The number of carbonyl (C=O) groups is 2. The third-order valence-electron chi connectivity index (χ3n) is 3.34. The number of pyridine rings is 1. The summed E-state index contributed by atoms with van der Waals surface area (Å²) in [5, 5.41) is 0. The number of nitrogens with zero attached hydrogens (tertiary/aromatic N) is 2. The van der Waals surface area contributed by atoms with Gasteiger partial charge >= 0.3 is 5.97 Å². The van der Waals surface area contributed by atoms with Crippen molar-refractivity contribution in [3.8, 4) is 0 Å². The second-order valence-electron chi connectivity index (χ2n) is 5.68. The molecule has 0 aromatic carbocycles. The molecular formula is C17H26N2O4. The van der Waals surface area contributed by atoms with E-state index in [1.807, 2.05) is 13.8 Å². The molecule has 23 heavy (non-hydrogen) atoms. The number of aromatic nitrogens is 1. The standard InChI is InChI=1S/C17H26N2O4/c1-13(2)23-11-5-10-19(12-14(3)17(21)22-4)16(20)15-6-8-18-9-7-15/h6-9,13-14H,5,10-12H2,1-4H3. The summed E-state index contributed by atoms with van der Waals surface area (Å²) in [5.74, 6) is -0.819. The maximum atomic E-state index is 12.6. The minimum Gasteiger partial charge on any atom is -0.469 e. The summed E-state index contributed by atoms with van der Waals surface area (Å²) in [5.41, 5.74) is 0.557. The number of amides is 1. The average Bonchev–Trinajstić information content (AvgIpc) is 2.56. The fourth-order valence-corrected chi connectivity index (χ4v) is 2.13. The van der Waals surface area contributed by atoms with Crippen LogP contribution >= 0.6 is 0 Å². The van der Waals surface area contributed by atoms with Crippen molar-refractivity contribution >= 4 is 11.9 Å². The van der Waals surface area contributed by atoms with E-state index in [1.165, 1.54) is 7.11 Å². The molecule has 1 heterocycles. The molecule has 128 valence electrons. The molecule has 0 radical (unpaired) electrons. The quantitative estimate of drug-likeness (QED) is 0.515. The number of hydrogen-bond acceptors (Lipinski definition) is 5. The van der Waals surface area contributed by atoms with E-state index in [2.05, 4.69) is 4.98 Å². The highest BCUT2D eigenvalue weighted by molar-refractivity contribution is 5.94. The van der Waals surface area contributed by atoms with Gasteiger partial charge in [-0.2, -0.15) is 0 Å². The van der Waals surface area contributed by atoms with Crippen molar-refractivity contribution in [2.75, 3.05) is 26.8 Å². The SMILES string of the molecule is COC(=O)C(C)CN(CCCOC(C)C)C(=O)c1ccncc1. The van der Waals surface area contributed by atoms with Crippen molar-refractivity contribution in [2.45, 2.75) is 33.3 Å². The Morgan fingerprint density at radius 3 is 2.43 bits per heavy atom. The van der Waals surface area contributed by atoms with E-state index < -0.39 is 0 Å². The van der Waals surface area contributed by atoms with Gasteiger partial charge in [0.25, 0.3) is 5.91 Å². The topological polar surface area (TPSA) is 68.7 Å². The van der Waals surface area contributed by atoms with Crippen LogP contribution in [0.25, 0.3) is 0 Å². The molecule has 0 aliphatic rings. The normalized spacial score (nSPS) is 12.0. The largest absolute Gasteiger partial charge is 0.469 e. The highest BCUT2D eigenvalue weighted by Gasteiger charge is 2.22. The minimum atomic E-state index is -0.378. The number of esters is 1. The van der Waals surface area contributed by atoms with Crippen molar-refractivity contribution in [1.29, 1.82) is 0 Å². The Hall–Kier alpha value is -1.95. The molecule has 1 amide bonds. The predicted octanol–water partition coefficient (Wildman–Crippen LogP) is 2.15. The fraction of sp³-hybridized carbons (Fsp3) is 0.588. The van der Waals surface area contributed by atoms with Gasteiger partial charge in [0, 0.05) is 37.7 Å². The van der Waals surface area contributed by atoms with Crippen LogP contribution in [0.5, 0.6) is 0 Å². The van der Waals surface area contributed by atoms with Gasteiger partial charge in [0.05, 0.1) is 19.1 Å². The van der Waals surface area contributed by atoms with E-state index in [0.717, 1.165) is 0 Å². The first-order valence-electron chi connectivity index (χ1n) is 7.84. The van der Waals surface area contributed by atoms with Crippen molar-refractivity contribution in [3.63, 3.8) is 0 Å². The minimum absolute atomic E-state index is 0.118. The van der Waals surface area contributed by atoms with E-state index in [-0.39, 0.29) is 23.9 Å². The molecule has 6 nitrogen and oxygen atoms in total. The lowest BCUT2D eigenvalue weighted by molar-refractivity contribution is -0.145. The summed E-state index contributed by atoms with van der Waals surface area (Å²) in [7, 11) is 1.35. The van der Waals surface area contributed by atoms with Crippen molar-refractivity contribution in [1.82, 2.24) is 9.88 Å². The van der Waals surface area contributed by atoms with Crippen LogP contribution in [0.4, 0.5) is 0 Å². The molecule has 0 aliphatic heterocycles. The zero-order chi connectivity index (χ0) is 17.2. The Morgan fingerprint density at radius 2 is 1.87 bits per heavy atom. The average molecular weight is 322 g/mol. The highest BCUT2D eigenvalue weighted by atomic mass is 16.5. The van der Waals surface area contributed by atoms with Gasteiger partial charge in [-0.05, 0) is 32.4 Å². The fourth-order valence-electron chi connectivity index (χ4n) is 2.13. The van der Waals surface area contributed by atoms with Gasteiger partial charge in [-0.15, -0.1) is 0 Å². The number of hydrogen-bond donors (Lipinski definition) is 0. The smallest absolute Gasteiger partial charge is 0.310 e. The molecule has 0 N–H and O–H groups in total. The molecular weight excluding hydrogens is 296 g/mol. The van der Waals surface area contributed by atoms with Crippen molar-refractivity contribution in [2.24, 2.45) is 5.92 Å². The van der Waals surface area contributed by atoms with Gasteiger partial charge < -0.3 is 14.4 Å². The lowest BCUT2D eigenvalue weighted by Gasteiger charge is -2.25. The number of carbonyl (C=O) groups excluding carboxylic acids is 2. The van der Waals surface area contributed by atoms with Crippen LogP contribution < -0.4 is 0 Å². The van der Waals surface area contributed by atoms with Gasteiger partial charge in [0.2, 0.25) is 0 Å². The molecule has 1 unspecified atom stereocenters. The van der Waals surface area contributed by atoms with Gasteiger partial charge in [-0.25, -0.2) is 0 Å². The summed E-state index contributed by atoms with van der Waals surface area (Å²) >= 11 is 0. The first-order chi connectivity index (χ1) is 11.0. The monoisotopic (exact) mass is 322 g/mol. The number of rotatable bonds is 9. The van der Waals surface area contributed by atoms with Crippen LogP contribution in [0.1, 0.15) is 37.6 Å². The zero-order valence-electron chi connectivity index (χ0n) is 14.3. The molecule has 0 saturated carbocycles. The third kappa shape index (κ3) is 6.78. The molecule has 0 spiro atoms. The Balaban J connectivity index is 2.71. The van der Waals surface area contributed by atoms with Gasteiger partial charge in [0.1, 0.15) is 0 Å². The molecule has 0 bridgehead atoms. The van der Waals surface area contributed by atoms with Gasteiger partial charge in [0.15, 0.2) is 0 Å². The van der Waals surface area contributed by atoms with Gasteiger partial charge in [-0.3, -0.25) is 14.6 Å². The number of methoxy groups -OCH3 is 1. The highest BCUT2D eigenvalue weighted by Crippen LogP contribution is 2.09. The Bertz CT molecular complexity index is 491. The van der Waals surface area contributed by atoms with Crippen molar-refractivity contribution in [3.05, 3.63) is 30.1 Å². The molecule has 6 heteroatoms. The van der Waals surface area contributed by atoms with Crippen molar-refractivity contribution < 1.29 is 19.1 Å². The number of ether oxygens (including phenoxy) is 2. The molecule has 0 fully saturated rings. The van der Waals surface area contributed by atoms with Crippen LogP contribution in [0.3, 0.4) is 0 Å². The van der Waals surface area contributed by atoms with Crippen LogP contribution in [0, 0.1) is 5.92 Å². The van der Waals surface area contributed by atoms with E-state index in [1.54, 1.807) is 36.4 Å². The van der Waals surface area contributed by atoms with Crippen LogP contribution in [0.2, 0.25) is 0 Å². The molecule has 0 saturated heterocycles. The molecule has 0 aliphatic carbocycles. The molecule has 1 atom stereocenters.